The van der Waals surface area contributed by atoms with Gasteiger partial charge < -0.3 is 20.5 Å². The van der Waals surface area contributed by atoms with E-state index >= 15 is 0 Å². The number of ether oxygens (including phenoxy) is 2. The number of aryl methyl sites for hydroxylation is 1. The summed E-state index contributed by atoms with van der Waals surface area (Å²) in [5, 5.41) is 3.37. The zero-order valence-corrected chi connectivity index (χ0v) is 14.5. The molecule has 0 spiro atoms. The minimum atomic E-state index is -0.417. The monoisotopic (exact) mass is 362 g/mol. The number of hydrogen-bond acceptors (Lipinski definition) is 4. The van der Waals surface area contributed by atoms with Crippen molar-refractivity contribution < 1.29 is 19.1 Å². The van der Waals surface area contributed by atoms with Crippen LogP contribution in [0.2, 0.25) is 5.02 Å². The average Bonchev–Trinajstić information content (AvgIpc) is 2.57. The third-order valence-electron chi connectivity index (χ3n) is 3.25. The number of benzene rings is 2. The molecule has 132 valence electrons. The molecule has 0 aliphatic heterocycles. The van der Waals surface area contributed by atoms with E-state index in [4.69, 9.17) is 26.8 Å². The van der Waals surface area contributed by atoms with Gasteiger partial charge in [0.05, 0.1) is 13.0 Å². The lowest BCUT2D eigenvalue weighted by Gasteiger charge is -2.09. The van der Waals surface area contributed by atoms with E-state index in [1.54, 1.807) is 42.5 Å². The first-order valence-electron chi connectivity index (χ1n) is 7.64. The van der Waals surface area contributed by atoms with E-state index in [0.29, 0.717) is 22.2 Å². The first kappa shape index (κ1) is 18.6. The highest BCUT2D eigenvalue weighted by atomic mass is 35.5. The lowest BCUT2D eigenvalue weighted by molar-refractivity contribution is -0.119. The molecule has 0 unspecified atom stereocenters. The quantitative estimate of drug-likeness (QED) is 0.755. The van der Waals surface area contributed by atoms with Gasteiger partial charge in [-0.05, 0) is 55.0 Å². The highest BCUT2D eigenvalue weighted by Crippen LogP contribution is 2.21. The number of anilines is 1. The second-order valence-corrected chi connectivity index (χ2v) is 5.74. The molecule has 0 saturated carbocycles. The van der Waals surface area contributed by atoms with Crippen molar-refractivity contribution in [1.82, 2.24) is 0 Å². The number of nitrogens with one attached hydrogen (secondary N) is 1. The second-order valence-electron chi connectivity index (χ2n) is 5.34. The van der Waals surface area contributed by atoms with E-state index in [9.17, 15) is 9.59 Å². The molecule has 7 heteroatoms. The molecule has 0 bridgehead atoms. The molecule has 2 aromatic carbocycles. The van der Waals surface area contributed by atoms with Crippen LogP contribution in [-0.4, -0.2) is 25.0 Å². The Morgan fingerprint density at radius 3 is 2.40 bits per heavy atom. The molecular formula is C18H19ClN2O4. The molecule has 25 heavy (non-hydrogen) atoms. The van der Waals surface area contributed by atoms with Gasteiger partial charge in [0, 0.05) is 10.7 Å². The van der Waals surface area contributed by atoms with Crippen molar-refractivity contribution in [1.29, 1.82) is 0 Å². The average molecular weight is 363 g/mol. The maximum Gasteiger partial charge on any atom is 0.262 e. The lowest BCUT2D eigenvalue weighted by atomic mass is 10.2. The zero-order chi connectivity index (χ0) is 18.2. The number of hydrogen-bond donors (Lipinski definition) is 2. The SMILES string of the molecule is Cc1cc(OCC(=O)Nc2ccc(OCCC(N)=O)cc2)ccc1Cl. The van der Waals surface area contributed by atoms with Crippen molar-refractivity contribution >= 4 is 29.1 Å². The summed E-state index contributed by atoms with van der Waals surface area (Å²) < 4.78 is 10.8. The van der Waals surface area contributed by atoms with Crippen LogP contribution >= 0.6 is 11.6 Å². The highest BCUT2D eigenvalue weighted by Gasteiger charge is 2.05. The predicted molar refractivity (Wildman–Crippen MR) is 96.1 cm³/mol. The number of primary amides is 1. The van der Waals surface area contributed by atoms with Crippen LogP contribution in [0.15, 0.2) is 42.5 Å². The Morgan fingerprint density at radius 2 is 1.76 bits per heavy atom. The van der Waals surface area contributed by atoms with Gasteiger partial charge in [0.2, 0.25) is 5.91 Å². The molecule has 0 fully saturated rings. The van der Waals surface area contributed by atoms with Gasteiger partial charge in [-0.15, -0.1) is 0 Å². The van der Waals surface area contributed by atoms with Gasteiger partial charge in [0.25, 0.3) is 5.91 Å². The lowest BCUT2D eigenvalue weighted by Crippen LogP contribution is -2.20. The standard InChI is InChI=1S/C18H19ClN2O4/c1-12-10-15(6-7-16(12)19)25-11-18(23)21-13-2-4-14(5-3-13)24-9-8-17(20)22/h2-7,10H,8-9,11H2,1H3,(H2,20,22)(H,21,23). The molecule has 0 atom stereocenters. The molecule has 2 aromatic rings. The Kier molecular flexibility index (Phi) is 6.65. The zero-order valence-electron chi connectivity index (χ0n) is 13.8. The van der Waals surface area contributed by atoms with E-state index < -0.39 is 5.91 Å². The van der Waals surface area contributed by atoms with Crippen molar-refractivity contribution in [2.45, 2.75) is 13.3 Å². The fourth-order valence-electron chi connectivity index (χ4n) is 1.96. The Hall–Kier alpha value is -2.73. The van der Waals surface area contributed by atoms with E-state index in [2.05, 4.69) is 5.32 Å². The van der Waals surface area contributed by atoms with Crippen LogP contribution in [0.1, 0.15) is 12.0 Å². The highest BCUT2D eigenvalue weighted by molar-refractivity contribution is 6.31. The second kappa shape index (κ2) is 8.94. The minimum Gasteiger partial charge on any atom is -0.493 e. The normalized spacial score (nSPS) is 10.2. The third kappa shape index (κ3) is 6.35. The van der Waals surface area contributed by atoms with Crippen molar-refractivity contribution in [3.63, 3.8) is 0 Å². The van der Waals surface area contributed by atoms with E-state index in [1.165, 1.54) is 0 Å². The molecule has 0 saturated heterocycles. The van der Waals surface area contributed by atoms with Gasteiger partial charge in [0.15, 0.2) is 6.61 Å². The van der Waals surface area contributed by atoms with E-state index in [-0.39, 0.29) is 25.5 Å². The molecule has 2 amide bonds. The Balaban J connectivity index is 1.79. The topological polar surface area (TPSA) is 90.7 Å². The fourth-order valence-corrected chi connectivity index (χ4v) is 2.07. The molecule has 0 heterocycles. The summed E-state index contributed by atoms with van der Waals surface area (Å²) in [7, 11) is 0. The summed E-state index contributed by atoms with van der Waals surface area (Å²) in [5.74, 6) is 0.470. The molecule has 3 N–H and O–H groups in total. The minimum absolute atomic E-state index is 0.113. The third-order valence-corrected chi connectivity index (χ3v) is 3.68. The molecule has 2 rings (SSSR count). The number of rotatable bonds is 8. The van der Waals surface area contributed by atoms with Gasteiger partial charge >= 0.3 is 0 Å². The van der Waals surface area contributed by atoms with Gasteiger partial charge in [0.1, 0.15) is 11.5 Å². The largest absolute Gasteiger partial charge is 0.493 e. The number of carbonyl (C=O) groups excluding carboxylic acids is 2. The van der Waals surface area contributed by atoms with Gasteiger partial charge in [-0.3, -0.25) is 9.59 Å². The van der Waals surface area contributed by atoms with Crippen LogP contribution < -0.4 is 20.5 Å². The van der Waals surface area contributed by atoms with Crippen LogP contribution in [0.4, 0.5) is 5.69 Å². The van der Waals surface area contributed by atoms with Crippen molar-refractivity contribution in [3.05, 3.63) is 53.1 Å². The molecule has 0 radical (unpaired) electrons. The summed E-state index contributed by atoms with van der Waals surface area (Å²) in [4.78, 5) is 22.6. The summed E-state index contributed by atoms with van der Waals surface area (Å²) in [6.45, 7) is 1.97. The first-order chi connectivity index (χ1) is 11.9. The molecule has 0 aromatic heterocycles. The molecular weight excluding hydrogens is 344 g/mol. The van der Waals surface area contributed by atoms with Gasteiger partial charge in [-0.1, -0.05) is 11.6 Å². The van der Waals surface area contributed by atoms with Crippen molar-refractivity contribution in [2.75, 3.05) is 18.5 Å². The Bertz CT molecular complexity index is 747. The number of amides is 2. The number of halogens is 1. The number of carbonyl (C=O) groups is 2. The maximum atomic E-state index is 11.9. The smallest absolute Gasteiger partial charge is 0.262 e. The van der Waals surface area contributed by atoms with Crippen LogP contribution in [0.25, 0.3) is 0 Å². The number of nitrogens with two attached hydrogens (primary N) is 1. The van der Waals surface area contributed by atoms with Crippen LogP contribution in [0.5, 0.6) is 11.5 Å². The Labute approximate surface area is 150 Å². The maximum absolute atomic E-state index is 11.9. The molecule has 0 aliphatic carbocycles. The molecule has 0 aliphatic rings. The summed E-state index contributed by atoms with van der Waals surface area (Å²) in [6, 6.07) is 12.0. The van der Waals surface area contributed by atoms with Gasteiger partial charge in [-0.25, -0.2) is 0 Å². The van der Waals surface area contributed by atoms with Crippen molar-refractivity contribution in [2.24, 2.45) is 5.73 Å². The molecule has 6 nitrogen and oxygen atoms in total. The van der Waals surface area contributed by atoms with Crippen molar-refractivity contribution in [3.8, 4) is 11.5 Å². The Morgan fingerprint density at radius 1 is 1.08 bits per heavy atom. The van der Waals surface area contributed by atoms with Crippen LogP contribution in [0, 0.1) is 6.92 Å². The summed E-state index contributed by atoms with van der Waals surface area (Å²) in [6.07, 6.45) is 0.153. The van der Waals surface area contributed by atoms with E-state index in [1.807, 2.05) is 6.92 Å². The van der Waals surface area contributed by atoms with Crippen LogP contribution in [0.3, 0.4) is 0 Å². The van der Waals surface area contributed by atoms with E-state index in [0.717, 1.165) is 5.56 Å². The summed E-state index contributed by atoms with van der Waals surface area (Å²) >= 11 is 5.94. The predicted octanol–water partition coefficient (Wildman–Crippen LogP) is 2.92. The summed E-state index contributed by atoms with van der Waals surface area (Å²) in [5.41, 5.74) is 6.53. The fraction of sp³-hybridized carbons (Fsp3) is 0.222. The van der Waals surface area contributed by atoms with Crippen LogP contribution in [-0.2, 0) is 9.59 Å². The first-order valence-corrected chi connectivity index (χ1v) is 8.02. The van der Waals surface area contributed by atoms with Gasteiger partial charge in [-0.2, -0.15) is 0 Å².